The van der Waals surface area contributed by atoms with Crippen molar-refractivity contribution in [3.63, 3.8) is 0 Å². The Balaban J connectivity index is 3.88. The van der Waals surface area contributed by atoms with Crippen LogP contribution in [0.15, 0.2) is 12.2 Å². The van der Waals surface area contributed by atoms with Crippen LogP contribution in [0.2, 0.25) is 0 Å². The molecule has 0 heterocycles. The Morgan fingerprint density at radius 2 is 1.92 bits per heavy atom. The summed E-state index contributed by atoms with van der Waals surface area (Å²) in [6.07, 6.45) is -4.83. The number of carbonyl (C=O) groups is 2. The second kappa shape index (κ2) is 4.48. The van der Waals surface area contributed by atoms with Gasteiger partial charge in [0.2, 0.25) is 0 Å². The Kier molecular flexibility index (Phi) is 3.96. The summed E-state index contributed by atoms with van der Waals surface area (Å²) in [5, 5.41) is 7.97. The van der Waals surface area contributed by atoms with Gasteiger partial charge in [-0.25, -0.2) is 9.59 Å². The molecule has 0 saturated carbocycles. The first-order valence-corrected chi connectivity index (χ1v) is 2.96. The van der Waals surface area contributed by atoms with Crippen LogP contribution in [-0.2, 0) is 14.3 Å². The number of esters is 1. The van der Waals surface area contributed by atoms with Crippen molar-refractivity contribution in [3.05, 3.63) is 12.2 Å². The van der Waals surface area contributed by atoms with E-state index in [1.54, 1.807) is 0 Å². The fraction of sp³-hybridized carbons (Fsp3) is 0.333. The van der Waals surface area contributed by atoms with Crippen LogP contribution < -0.4 is 0 Å². The minimum Gasteiger partial charge on any atom is -0.479 e. The molecule has 0 aliphatic rings. The molecule has 0 saturated heterocycles. The molecule has 0 spiro atoms. The molecule has 0 radical (unpaired) electrons. The van der Waals surface area contributed by atoms with Gasteiger partial charge in [-0.2, -0.15) is 13.2 Å². The number of alkyl halides is 3. The molecule has 13 heavy (non-hydrogen) atoms. The van der Waals surface area contributed by atoms with Gasteiger partial charge < -0.3 is 9.84 Å². The van der Waals surface area contributed by atoms with E-state index >= 15 is 0 Å². The van der Waals surface area contributed by atoms with Crippen LogP contribution in [0.4, 0.5) is 13.2 Å². The Hall–Kier alpha value is -1.53. The minimum atomic E-state index is -4.61. The van der Waals surface area contributed by atoms with Crippen LogP contribution in [0, 0.1) is 0 Å². The van der Waals surface area contributed by atoms with Crippen molar-refractivity contribution in [2.24, 2.45) is 0 Å². The zero-order valence-electron chi connectivity index (χ0n) is 6.17. The molecule has 0 unspecified atom stereocenters. The fourth-order valence-corrected chi connectivity index (χ4v) is 0.344. The van der Waals surface area contributed by atoms with Crippen LogP contribution in [0.3, 0.4) is 0 Å². The summed E-state index contributed by atoms with van der Waals surface area (Å²) in [6.45, 7) is -0.957. The number of hydrogen-bond acceptors (Lipinski definition) is 3. The summed E-state index contributed by atoms with van der Waals surface area (Å²) < 4.78 is 38.1. The maximum absolute atomic E-state index is 11.4. The molecule has 0 rings (SSSR count). The second-order valence-electron chi connectivity index (χ2n) is 1.88. The first-order chi connectivity index (χ1) is 5.81. The number of carbonyl (C=O) groups excluding carboxylic acids is 1. The third kappa shape index (κ3) is 8.38. The van der Waals surface area contributed by atoms with Crippen molar-refractivity contribution >= 4 is 11.9 Å². The predicted molar refractivity (Wildman–Crippen MR) is 33.8 cm³/mol. The lowest BCUT2D eigenvalue weighted by Gasteiger charge is -1.98. The minimum absolute atomic E-state index is 0.114. The molecule has 4 nitrogen and oxygen atoms in total. The molecule has 74 valence electrons. The summed E-state index contributed by atoms with van der Waals surface area (Å²) in [5.74, 6) is -2.78. The molecule has 1 N–H and O–H groups in total. The molecule has 0 aromatic carbocycles. The zero-order valence-corrected chi connectivity index (χ0v) is 6.17. The number of ether oxygens (including phenoxy) is 1. The van der Waals surface area contributed by atoms with E-state index in [9.17, 15) is 22.8 Å². The lowest BCUT2D eigenvalue weighted by molar-refractivity contribution is -0.152. The van der Waals surface area contributed by atoms with Gasteiger partial charge in [0.1, 0.15) is 0 Å². The van der Waals surface area contributed by atoms with Crippen LogP contribution in [-0.4, -0.2) is 29.8 Å². The number of carboxylic acid groups (broad SMARTS) is 1. The van der Waals surface area contributed by atoms with Gasteiger partial charge in [0.05, 0.1) is 0 Å². The van der Waals surface area contributed by atoms with E-state index in [-0.39, 0.29) is 12.2 Å². The van der Waals surface area contributed by atoms with Crippen molar-refractivity contribution in [2.45, 2.75) is 6.18 Å². The lowest BCUT2D eigenvalue weighted by Crippen LogP contribution is -2.12. The molecule has 0 aromatic rings. The third-order valence-electron chi connectivity index (χ3n) is 0.746. The van der Waals surface area contributed by atoms with Crippen LogP contribution in [0.5, 0.6) is 0 Å². The quantitative estimate of drug-likeness (QED) is 0.536. The van der Waals surface area contributed by atoms with Crippen LogP contribution >= 0.6 is 0 Å². The largest absolute Gasteiger partial charge is 0.479 e. The smallest absolute Gasteiger partial charge is 0.410 e. The Bertz CT molecular complexity index is 231. The SMILES string of the molecule is O=C(O)COC(=O)C=CC(F)(F)F. The molecule has 0 amide bonds. The van der Waals surface area contributed by atoms with E-state index in [0.29, 0.717) is 0 Å². The molecular formula is C6H5F3O4. The molecule has 0 aliphatic carbocycles. The van der Waals surface area contributed by atoms with Crippen molar-refractivity contribution in [1.29, 1.82) is 0 Å². The summed E-state index contributed by atoms with van der Waals surface area (Å²) in [5.41, 5.74) is 0. The van der Waals surface area contributed by atoms with E-state index in [2.05, 4.69) is 4.74 Å². The van der Waals surface area contributed by atoms with Crippen molar-refractivity contribution in [1.82, 2.24) is 0 Å². The molecule has 0 atom stereocenters. The molecule has 0 bridgehead atoms. The van der Waals surface area contributed by atoms with Crippen molar-refractivity contribution in [2.75, 3.05) is 6.61 Å². The van der Waals surface area contributed by atoms with Crippen LogP contribution in [0.1, 0.15) is 0 Å². The van der Waals surface area contributed by atoms with Gasteiger partial charge in [-0.15, -0.1) is 0 Å². The highest BCUT2D eigenvalue weighted by Crippen LogP contribution is 2.15. The highest BCUT2D eigenvalue weighted by atomic mass is 19.4. The Morgan fingerprint density at radius 1 is 1.38 bits per heavy atom. The lowest BCUT2D eigenvalue weighted by atomic mass is 10.5. The normalized spacial score (nSPS) is 11.6. The van der Waals surface area contributed by atoms with Crippen molar-refractivity contribution in [3.8, 4) is 0 Å². The topological polar surface area (TPSA) is 63.6 Å². The van der Waals surface area contributed by atoms with Crippen molar-refractivity contribution < 1.29 is 32.6 Å². The van der Waals surface area contributed by atoms with Gasteiger partial charge in [-0.3, -0.25) is 0 Å². The average Bonchev–Trinajstić information content (AvgIpc) is 1.95. The maximum atomic E-state index is 11.4. The number of rotatable bonds is 3. The molecule has 7 heteroatoms. The zero-order chi connectivity index (χ0) is 10.5. The van der Waals surface area contributed by atoms with E-state index in [0.717, 1.165) is 0 Å². The first-order valence-electron chi connectivity index (χ1n) is 2.96. The van der Waals surface area contributed by atoms with Gasteiger partial charge in [-0.1, -0.05) is 0 Å². The van der Waals surface area contributed by atoms with E-state index in [1.807, 2.05) is 0 Å². The number of carboxylic acids is 1. The number of aliphatic carboxylic acids is 1. The van der Waals surface area contributed by atoms with E-state index < -0.39 is 24.7 Å². The summed E-state index contributed by atoms with van der Waals surface area (Å²) in [7, 11) is 0. The summed E-state index contributed by atoms with van der Waals surface area (Å²) in [6, 6.07) is 0. The Morgan fingerprint density at radius 3 is 2.31 bits per heavy atom. The third-order valence-corrected chi connectivity index (χ3v) is 0.746. The molecule has 0 fully saturated rings. The monoisotopic (exact) mass is 198 g/mol. The van der Waals surface area contributed by atoms with Gasteiger partial charge in [0, 0.05) is 12.2 Å². The maximum Gasteiger partial charge on any atom is 0.410 e. The average molecular weight is 198 g/mol. The number of hydrogen-bond donors (Lipinski definition) is 1. The summed E-state index contributed by atoms with van der Waals surface area (Å²) in [4.78, 5) is 20.1. The van der Waals surface area contributed by atoms with E-state index in [1.165, 1.54) is 0 Å². The fourth-order valence-electron chi connectivity index (χ4n) is 0.344. The number of halogens is 3. The predicted octanol–water partition coefficient (Wildman–Crippen LogP) is 0.733. The summed E-state index contributed by atoms with van der Waals surface area (Å²) >= 11 is 0. The molecular weight excluding hydrogens is 193 g/mol. The molecule has 0 aromatic heterocycles. The highest BCUT2D eigenvalue weighted by molar-refractivity contribution is 5.84. The van der Waals surface area contributed by atoms with E-state index in [4.69, 9.17) is 5.11 Å². The van der Waals surface area contributed by atoms with Crippen LogP contribution in [0.25, 0.3) is 0 Å². The van der Waals surface area contributed by atoms with Gasteiger partial charge in [0.15, 0.2) is 6.61 Å². The number of allylic oxidation sites excluding steroid dienone is 1. The van der Waals surface area contributed by atoms with Gasteiger partial charge in [0.25, 0.3) is 0 Å². The molecule has 0 aliphatic heterocycles. The van der Waals surface area contributed by atoms with Gasteiger partial charge >= 0.3 is 18.1 Å². The first kappa shape index (κ1) is 11.5. The standard InChI is InChI=1S/C6H5F3O4/c7-6(8,9)2-1-5(12)13-3-4(10)11/h1-2H,3H2,(H,10,11). The Labute approximate surface area is 70.6 Å². The second-order valence-corrected chi connectivity index (χ2v) is 1.88. The highest BCUT2D eigenvalue weighted by Gasteiger charge is 2.22. The van der Waals surface area contributed by atoms with Gasteiger partial charge in [-0.05, 0) is 0 Å².